The minimum Gasteiger partial charge on any atom is -0.454 e. The Balaban J connectivity index is 1.51. The van der Waals surface area contributed by atoms with Crippen LogP contribution in [0.3, 0.4) is 0 Å². The topological polar surface area (TPSA) is 39.2 Å². The molecule has 240 valence electrons. The Labute approximate surface area is 269 Å². The van der Waals surface area contributed by atoms with E-state index in [1.807, 2.05) is 0 Å². The van der Waals surface area contributed by atoms with Gasteiger partial charge in [0.2, 0.25) is 0 Å². The maximum absolute atomic E-state index is 16.3. The monoisotopic (exact) mass is 653 g/mol. The van der Waals surface area contributed by atoms with Crippen LogP contribution in [0.15, 0.2) is 72.8 Å². The molecule has 9 heteroatoms. The molecule has 1 fully saturated rings. The minimum absolute atomic E-state index is 0.0701. The number of alkyl halides is 4. The van der Waals surface area contributed by atoms with E-state index in [-0.39, 0.29) is 34.4 Å². The van der Waals surface area contributed by atoms with Crippen LogP contribution in [0.1, 0.15) is 101 Å². The standard InChI is InChI=1S/C37H33ClF5NO2/c1-21-18-31-34(32(19-21)46-36(45)27-8-4-5-9-29(27)38)33(23-12-16-26(39)17-13-23)28(35(44-31)24-6-2-3-7-24)20-30(40)22-10-14-25(15-11-22)37(41,42)43/h4-5,8-17,21,24,30,32H,2-3,6-7,18-20H2,1H3. The number of rotatable bonds is 7. The van der Waals surface area contributed by atoms with E-state index < -0.39 is 35.8 Å². The van der Waals surface area contributed by atoms with Gasteiger partial charge in [-0.2, -0.15) is 13.2 Å². The molecule has 0 aliphatic heterocycles. The molecule has 0 saturated heterocycles. The quantitative estimate of drug-likeness (QED) is 0.147. The molecule has 0 spiro atoms. The second-order valence-electron chi connectivity index (χ2n) is 12.4. The summed E-state index contributed by atoms with van der Waals surface area (Å²) in [4.78, 5) is 18.6. The molecule has 1 heterocycles. The van der Waals surface area contributed by atoms with Gasteiger partial charge >= 0.3 is 12.1 Å². The number of carbonyl (C=O) groups is 1. The number of halogens is 6. The number of hydrogen-bond acceptors (Lipinski definition) is 3. The van der Waals surface area contributed by atoms with E-state index >= 15 is 4.39 Å². The number of ether oxygens (including phenoxy) is 1. The average Bonchev–Trinajstić information content (AvgIpc) is 3.56. The van der Waals surface area contributed by atoms with E-state index in [0.29, 0.717) is 35.1 Å². The number of hydrogen-bond donors (Lipinski definition) is 0. The predicted molar refractivity (Wildman–Crippen MR) is 167 cm³/mol. The number of aromatic nitrogens is 1. The van der Waals surface area contributed by atoms with Crippen LogP contribution in [0, 0.1) is 11.7 Å². The van der Waals surface area contributed by atoms with Crippen molar-refractivity contribution in [3.63, 3.8) is 0 Å². The van der Waals surface area contributed by atoms with Crippen LogP contribution in [0.2, 0.25) is 5.02 Å². The van der Waals surface area contributed by atoms with Gasteiger partial charge in [0.15, 0.2) is 0 Å². The normalized spacial score (nSPS) is 19.1. The molecule has 3 unspecified atom stereocenters. The van der Waals surface area contributed by atoms with Gasteiger partial charge in [-0.1, -0.05) is 67.8 Å². The molecule has 3 nitrogen and oxygen atoms in total. The van der Waals surface area contributed by atoms with Crippen molar-refractivity contribution in [1.29, 1.82) is 0 Å². The van der Waals surface area contributed by atoms with Gasteiger partial charge in [0.25, 0.3) is 0 Å². The fraction of sp³-hybridized carbons (Fsp3) is 0.351. The highest BCUT2D eigenvalue weighted by molar-refractivity contribution is 6.33. The van der Waals surface area contributed by atoms with Crippen molar-refractivity contribution in [2.24, 2.45) is 5.92 Å². The van der Waals surface area contributed by atoms with Crippen molar-refractivity contribution in [1.82, 2.24) is 4.98 Å². The maximum atomic E-state index is 16.3. The van der Waals surface area contributed by atoms with E-state index in [2.05, 4.69) is 6.92 Å². The van der Waals surface area contributed by atoms with Crippen LogP contribution in [-0.2, 0) is 23.8 Å². The van der Waals surface area contributed by atoms with Crippen LogP contribution < -0.4 is 0 Å². The van der Waals surface area contributed by atoms with Crippen molar-refractivity contribution in [2.75, 3.05) is 0 Å². The molecule has 3 aromatic carbocycles. The smallest absolute Gasteiger partial charge is 0.416 e. The zero-order chi connectivity index (χ0) is 32.6. The highest BCUT2D eigenvalue weighted by Crippen LogP contribution is 2.48. The van der Waals surface area contributed by atoms with Gasteiger partial charge in [-0.25, -0.2) is 13.6 Å². The summed E-state index contributed by atoms with van der Waals surface area (Å²) >= 11 is 6.32. The third-order valence-corrected chi connectivity index (χ3v) is 9.46. The lowest BCUT2D eigenvalue weighted by Gasteiger charge is -2.34. The average molecular weight is 654 g/mol. The van der Waals surface area contributed by atoms with Gasteiger partial charge in [-0.15, -0.1) is 0 Å². The van der Waals surface area contributed by atoms with Gasteiger partial charge in [-0.3, -0.25) is 4.98 Å². The molecule has 46 heavy (non-hydrogen) atoms. The summed E-state index contributed by atoms with van der Waals surface area (Å²) in [5.41, 5.74) is 3.53. The van der Waals surface area contributed by atoms with E-state index in [1.54, 1.807) is 36.4 Å². The number of esters is 1. The van der Waals surface area contributed by atoms with Crippen LogP contribution >= 0.6 is 11.6 Å². The maximum Gasteiger partial charge on any atom is 0.416 e. The van der Waals surface area contributed by atoms with Crippen LogP contribution in [0.25, 0.3) is 11.1 Å². The summed E-state index contributed by atoms with van der Waals surface area (Å²) < 4.78 is 76.3. The summed E-state index contributed by atoms with van der Waals surface area (Å²) in [7, 11) is 0. The summed E-state index contributed by atoms with van der Waals surface area (Å²) in [6.07, 6.45) is -2.23. The lowest BCUT2D eigenvalue weighted by atomic mass is 9.77. The Kier molecular flexibility index (Phi) is 9.19. The molecule has 2 aliphatic carbocycles. The van der Waals surface area contributed by atoms with Gasteiger partial charge in [0.05, 0.1) is 16.1 Å². The Morgan fingerprint density at radius 3 is 2.33 bits per heavy atom. The number of benzene rings is 3. The first-order valence-corrected chi connectivity index (χ1v) is 16.0. The summed E-state index contributed by atoms with van der Waals surface area (Å²) in [5.74, 6) is -0.850. The number of nitrogens with zero attached hydrogens (tertiary/aromatic N) is 1. The largest absolute Gasteiger partial charge is 0.454 e. The molecular weight excluding hydrogens is 621 g/mol. The Bertz CT molecular complexity index is 1720. The number of pyridine rings is 1. The second-order valence-corrected chi connectivity index (χ2v) is 12.8. The second kappa shape index (κ2) is 13.1. The zero-order valence-corrected chi connectivity index (χ0v) is 26.0. The fourth-order valence-electron chi connectivity index (χ4n) is 6.90. The van der Waals surface area contributed by atoms with Crippen molar-refractivity contribution < 1.29 is 31.5 Å². The molecule has 1 aromatic heterocycles. The lowest BCUT2D eigenvalue weighted by molar-refractivity contribution is -0.137. The highest BCUT2D eigenvalue weighted by atomic mass is 35.5. The van der Waals surface area contributed by atoms with Crippen molar-refractivity contribution >= 4 is 17.6 Å². The Morgan fingerprint density at radius 2 is 1.67 bits per heavy atom. The van der Waals surface area contributed by atoms with Crippen molar-refractivity contribution in [2.45, 2.75) is 76.2 Å². The third kappa shape index (κ3) is 6.68. The molecule has 0 radical (unpaired) electrons. The minimum atomic E-state index is -4.54. The molecule has 3 atom stereocenters. The van der Waals surface area contributed by atoms with Crippen molar-refractivity contribution in [3.05, 3.63) is 123 Å². The van der Waals surface area contributed by atoms with Crippen LogP contribution in [0.5, 0.6) is 0 Å². The van der Waals surface area contributed by atoms with Gasteiger partial charge in [-0.05, 0) is 90.3 Å². The van der Waals surface area contributed by atoms with Crippen molar-refractivity contribution in [3.8, 4) is 11.1 Å². The summed E-state index contributed by atoms with van der Waals surface area (Å²) in [5, 5.41) is 0.252. The van der Waals surface area contributed by atoms with E-state index in [9.17, 15) is 22.4 Å². The van der Waals surface area contributed by atoms with E-state index in [1.165, 1.54) is 24.3 Å². The predicted octanol–water partition coefficient (Wildman–Crippen LogP) is 11.0. The van der Waals surface area contributed by atoms with Crippen LogP contribution in [0.4, 0.5) is 22.0 Å². The lowest BCUT2D eigenvalue weighted by Crippen LogP contribution is -2.26. The summed E-state index contributed by atoms with van der Waals surface area (Å²) in [6, 6.07) is 16.6. The van der Waals surface area contributed by atoms with E-state index in [4.69, 9.17) is 21.3 Å². The van der Waals surface area contributed by atoms with Gasteiger partial charge in [0, 0.05) is 29.3 Å². The molecule has 1 saturated carbocycles. The fourth-order valence-corrected chi connectivity index (χ4v) is 7.11. The first kappa shape index (κ1) is 32.2. The van der Waals surface area contributed by atoms with Gasteiger partial charge in [0.1, 0.15) is 18.1 Å². The highest BCUT2D eigenvalue weighted by Gasteiger charge is 2.37. The molecular formula is C37H33ClF5NO2. The molecule has 2 aliphatic rings. The molecule has 6 rings (SSSR count). The van der Waals surface area contributed by atoms with E-state index in [0.717, 1.165) is 49.2 Å². The SMILES string of the molecule is CC1Cc2nc(C3CCCC3)c(CC(F)c3ccc(C(F)(F)F)cc3)c(-c3ccc(F)cc3)c2C(OC(=O)c2ccccc2Cl)C1. The Morgan fingerprint density at radius 1 is 1.00 bits per heavy atom. The number of carbonyl (C=O) groups excluding carboxylic acids is 1. The first-order valence-electron chi connectivity index (χ1n) is 15.6. The zero-order valence-electron chi connectivity index (χ0n) is 25.2. The number of fused-ring (bicyclic) bond motifs is 1. The molecule has 4 aromatic rings. The van der Waals surface area contributed by atoms with Crippen LogP contribution in [-0.4, -0.2) is 11.0 Å². The molecule has 0 amide bonds. The van der Waals surface area contributed by atoms with Gasteiger partial charge < -0.3 is 4.74 Å². The molecule has 0 bridgehead atoms. The first-order chi connectivity index (χ1) is 22.0. The molecule has 0 N–H and O–H groups in total. The third-order valence-electron chi connectivity index (χ3n) is 9.13. The summed E-state index contributed by atoms with van der Waals surface area (Å²) in [6.45, 7) is 2.06. The Hall–Kier alpha value is -3.78.